The number of carbonyl (C=O) groups is 3. The van der Waals surface area contributed by atoms with E-state index in [-0.39, 0.29) is 53.0 Å². The molecule has 1 aliphatic carbocycles. The van der Waals surface area contributed by atoms with Gasteiger partial charge in [0.2, 0.25) is 24.1 Å². The summed E-state index contributed by atoms with van der Waals surface area (Å²) in [5.41, 5.74) is 0.130. The van der Waals surface area contributed by atoms with Gasteiger partial charge < -0.3 is 38.7 Å². The Balaban J connectivity index is 1.32. The summed E-state index contributed by atoms with van der Waals surface area (Å²) in [6.07, 6.45) is 2.18. The lowest BCUT2D eigenvalue weighted by Gasteiger charge is -2.38. The number of nitrogens with zero attached hydrogens (tertiary/aromatic N) is 2. The van der Waals surface area contributed by atoms with Crippen LogP contribution in [0.5, 0.6) is 28.7 Å². The zero-order chi connectivity index (χ0) is 36.9. The van der Waals surface area contributed by atoms with Crippen molar-refractivity contribution in [3.05, 3.63) is 81.8 Å². The van der Waals surface area contributed by atoms with E-state index in [1.54, 1.807) is 36.9 Å². The maximum atomic E-state index is 14.5. The second-order valence-corrected chi connectivity index (χ2v) is 14.4. The predicted octanol–water partition coefficient (Wildman–Crippen LogP) is 6.49. The molecule has 2 N–H and O–H groups in total. The third-order valence-corrected chi connectivity index (χ3v) is 11.1. The van der Waals surface area contributed by atoms with E-state index < -0.39 is 46.7 Å². The number of allylic oxidation sites excluding steroid dienone is 1. The maximum absolute atomic E-state index is 14.5. The van der Waals surface area contributed by atoms with Gasteiger partial charge in [-0.1, -0.05) is 36.7 Å². The number of aliphatic hydroxyl groups excluding tert-OH is 1. The molecule has 3 aliphatic rings. The molecule has 1 amide bonds. The van der Waals surface area contributed by atoms with Crippen LogP contribution in [0.1, 0.15) is 59.9 Å². The molecule has 2 aliphatic heterocycles. The molecular formula is C38H38ClN3O9S. The van der Waals surface area contributed by atoms with Gasteiger partial charge in [0.25, 0.3) is 0 Å². The van der Waals surface area contributed by atoms with Gasteiger partial charge >= 0.3 is 0 Å². The number of fused-ring (bicyclic) bond motifs is 3. The number of amides is 1. The molecule has 4 unspecified atom stereocenters. The van der Waals surface area contributed by atoms with Gasteiger partial charge in [0.15, 0.2) is 28.8 Å². The molecule has 7 rings (SSSR count). The number of para-hydroxylation sites is 2. The molecule has 272 valence electrons. The normalized spacial score (nSPS) is 20.2. The summed E-state index contributed by atoms with van der Waals surface area (Å²) in [5.74, 6) is -1.15. The number of ether oxygens (including phenoxy) is 5. The highest BCUT2D eigenvalue weighted by molar-refractivity contribution is 7.98. The number of benzene rings is 3. The third-order valence-electron chi connectivity index (χ3n) is 10.1. The first-order chi connectivity index (χ1) is 25.0. The molecule has 52 heavy (non-hydrogen) atoms. The number of carbonyl (C=O) groups excluding carboxylic acids is 3. The predicted molar refractivity (Wildman–Crippen MR) is 195 cm³/mol. The number of hydrogen-bond acceptors (Lipinski definition) is 11. The van der Waals surface area contributed by atoms with Gasteiger partial charge in [0.1, 0.15) is 27.9 Å². The zero-order valence-corrected chi connectivity index (χ0v) is 30.9. The Bertz CT molecular complexity index is 2150. The minimum Gasteiger partial charge on any atom is -0.507 e. The molecule has 3 aromatic carbocycles. The largest absolute Gasteiger partial charge is 0.507 e. The number of halogens is 1. The first kappa shape index (κ1) is 35.5. The van der Waals surface area contributed by atoms with E-state index in [1.165, 1.54) is 20.3 Å². The van der Waals surface area contributed by atoms with Crippen LogP contribution in [0.4, 0.5) is 0 Å². The Morgan fingerprint density at radius 3 is 2.62 bits per heavy atom. The molecular weight excluding hydrogens is 710 g/mol. The van der Waals surface area contributed by atoms with Crippen molar-refractivity contribution in [2.75, 3.05) is 33.0 Å². The van der Waals surface area contributed by atoms with E-state index in [0.29, 0.717) is 29.3 Å². The van der Waals surface area contributed by atoms with E-state index in [1.807, 2.05) is 42.1 Å². The fraction of sp³-hybridized carbons (Fsp3) is 0.368. The highest BCUT2D eigenvalue weighted by Crippen LogP contribution is 2.56. The van der Waals surface area contributed by atoms with Crippen molar-refractivity contribution in [2.24, 2.45) is 13.0 Å². The van der Waals surface area contributed by atoms with E-state index in [9.17, 15) is 19.5 Å². The average Bonchev–Trinajstić information content (AvgIpc) is 3.84. The Morgan fingerprint density at radius 1 is 1.13 bits per heavy atom. The van der Waals surface area contributed by atoms with Gasteiger partial charge in [-0.25, -0.2) is 4.98 Å². The van der Waals surface area contributed by atoms with Gasteiger partial charge in [-0.2, -0.15) is 11.8 Å². The number of aliphatic hydroxyl groups is 1. The van der Waals surface area contributed by atoms with E-state index >= 15 is 0 Å². The van der Waals surface area contributed by atoms with Crippen molar-refractivity contribution in [2.45, 2.75) is 43.7 Å². The number of thioether (sulfide) groups is 1. The number of aromatic nitrogens is 2. The lowest BCUT2D eigenvalue weighted by atomic mass is 9.69. The average molecular weight is 748 g/mol. The van der Waals surface area contributed by atoms with Crippen LogP contribution in [-0.2, 0) is 16.6 Å². The third kappa shape index (κ3) is 5.70. The highest BCUT2D eigenvalue weighted by atomic mass is 35.5. The van der Waals surface area contributed by atoms with Crippen LogP contribution in [0.3, 0.4) is 0 Å². The highest BCUT2D eigenvalue weighted by Gasteiger charge is 2.61. The molecule has 0 saturated heterocycles. The maximum Gasteiger partial charge on any atom is 0.231 e. The number of ketones is 2. The summed E-state index contributed by atoms with van der Waals surface area (Å²) in [4.78, 5) is 47.7. The molecule has 0 saturated carbocycles. The molecule has 12 nitrogen and oxygen atoms in total. The van der Waals surface area contributed by atoms with Crippen molar-refractivity contribution in [3.8, 4) is 28.7 Å². The van der Waals surface area contributed by atoms with Crippen molar-refractivity contribution in [1.29, 1.82) is 0 Å². The number of aryl methyl sites for hydroxylation is 1. The topological polar surface area (TPSA) is 147 Å². The molecule has 4 aromatic rings. The van der Waals surface area contributed by atoms with Crippen molar-refractivity contribution < 1.29 is 43.2 Å². The van der Waals surface area contributed by atoms with E-state index in [4.69, 9.17) is 40.3 Å². The van der Waals surface area contributed by atoms with E-state index in [0.717, 1.165) is 16.8 Å². The molecule has 1 spiro atoms. The van der Waals surface area contributed by atoms with Gasteiger partial charge in [-0.15, -0.1) is 0 Å². The smallest absolute Gasteiger partial charge is 0.231 e. The van der Waals surface area contributed by atoms with Gasteiger partial charge in [-0.05, 0) is 48.3 Å². The standard InChI is InChI=1S/C38H38ClN3O9S/c1-19-14-25(43)31(35(45)38(19)36(46)32-28(47-3)17-29(48-4)33(39)34(32)51-38)21(20-10-11-26-27(15-20)50-18-49-26)16-30(44)40-23(12-13-52-5)37-41-22-8-6-7-9-24(22)42(37)2/h6-11,15,17,19,21,23,45H,12-14,16,18H2,1-5H3,(H,40,44). The SMILES string of the molecule is COc1cc(OC)c2c(c1Cl)OC1(C2=O)C(O)=C(C(CC(=O)NC(CCSC)c2nc3ccccc3n2C)c2ccc3c(c2)OCO3)C(=O)CC1C. The molecule has 0 bridgehead atoms. The summed E-state index contributed by atoms with van der Waals surface area (Å²) in [5, 5.41) is 15.5. The second kappa shape index (κ2) is 13.9. The van der Waals surface area contributed by atoms with Gasteiger partial charge in [-0.3, -0.25) is 14.4 Å². The lowest BCUT2D eigenvalue weighted by Crippen LogP contribution is -2.53. The number of imidazole rings is 1. The Hall–Kier alpha value is -4.88. The summed E-state index contributed by atoms with van der Waals surface area (Å²) in [6.45, 7) is 1.67. The summed E-state index contributed by atoms with van der Waals surface area (Å²) < 4.78 is 30.5. The van der Waals surface area contributed by atoms with Crippen LogP contribution in [0, 0.1) is 5.92 Å². The molecule has 1 aromatic heterocycles. The van der Waals surface area contributed by atoms with Crippen LogP contribution < -0.4 is 29.0 Å². The molecule has 4 atom stereocenters. The minimum atomic E-state index is -2.02. The number of rotatable bonds is 11. The van der Waals surface area contributed by atoms with Crippen LogP contribution in [-0.4, -0.2) is 70.8 Å². The first-order valence-electron chi connectivity index (χ1n) is 16.8. The Kier molecular flexibility index (Phi) is 9.51. The summed E-state index contributed by atoms with van der Waals surface area (Å²) in [7, 11) is 4.72. The fourth-order valence-corrected chi connectivity index (χ4v) is 8.21. The number of hydrogen-bond donors (Lipinski definition) is 2. The number of nitrogens with one attached hydrogen (secondary N) is 1. The molecule has 0 radical (unpaired) electrons. The van der Waals surface area contributed by atoms with E-state index in [2.05, 4.69) is 5.32 Å². The van der Waals surface area contributed by atoms with Crippen LogP contribution in [0.2, 0.25) is 5.02 Å². The van der Waals surface area contributed by atoms with Crippen molar-refractivity contribution in [3.63, 3.8) is 0 Å². The van der Waals surface area contributed by atoms with Crippen LogP contribution >= 0.6 is 23.4 Å². The zero-order valence-electron chi connectivity index (χ0n) is 29.3. The first-order valence-corrected chi connectivity index (χ1v) is 18.5. The Labute approximate surface area is 309 Å². The van der Waals surface area contributed by atoms with Gasteiger partial charge in [0.05, 0.1) is 31.3 Å². The summed E-state index contributed by atoms with van der Waals surface area (Å²) in [6, 6.07) is 13.9. The second-order valence-electron chi connectivity index (χ2n) is 13.0. The number of Topliss-reactive ketones (excluding diaryl/α,β-unsaturated/α-hetero) is 2. The number of methoxy groups -OCH3 is 2. The Morgan fingerprint density at radius 2 is 1.88 bits per heavy atom. The fourth-order valence-electron chi connectivity index (χ4n) is 7.47. The van der Waals surface area contributed by atoms with Crippen LogP contribution in [0.15, 0.2) is 59.9 Å². The monoisotopic (exact) mass is 747 g/mol. The lowest BCUT2D eigenvalue weighted by molar-refractivity contribution is -0.122. The summed E-state index contributed by atoms with van der Waals surface area (Å²) >= 11 is 8.31. The van der Waals surface area contributed by atoms with Crippen LogP contribution in [0.25, 0.3) is 11.0 Å². The quantitative estimate of drug-likeness (QED) is 0.174. The molecule has 3 heterocycles. The minimum absolute atomic E-state index is 0.0131. The van der Waals surface area contributed by atoms with Gasteiger partial charge in [0, 0.05) is 43.4 Å². The molecule has 0 fully saturated rings. The van der Waals surface area contributed by atoms with Crippen molar-refractivity contribution >= 4 is 51.9 Å². The molecule has 14 heteroatoms. The van der Waals surface area contributed by atoms with Crippen molar-refractivity contribution in [1.82, 2.24) is 14.9 Å².